The van der Waals surface area contributed by atoms with Crippen LogP contribution in [0.4, 0.5) is 0 Å². The van der Waals surface area contributed by atoms with Gasteiger partial charge in [0, 0.05) is 26.0 Å². The number of ether oxygens (including phenoxy) is 1. The second kappa shape index (κ2) is 6.24. The zero-order valence-corrected chi connectivity index (χ0v) is 9.16. The molecule has 1 aromatic rings. The standard InChI is InChI=1S/C11H17NO3/c1-9(8-14-2)12-11(13)6-5-10-4-3-7-15-10/h3-4,7,9H,5-6,8H2,1-2H3,(H,12,13)/t9-/m0/s1. The second-order valence-electron chi connectivity index (χ2n) is 3.50. The highest BCUT2D eigenvalue weighted by Crippen LogP contribution is 2.03. The third kappa shape index (κ3) is 4.65. The fraction of sp³-hybridized carbons (Fsp3) is 0.545. The first-order chi connectivity index (χ1) is 7.22. The molecule has 0 aliphatic rings. The molecule has 1 aromatic heterocycles. The summed E-state index contributed by atoms with van der Waals surface area (Å²) in [5.74, 6) is 0.862. The topological polar surface area (TPSA) is 51.5 Å². The van der Waals surface area contributed by atoms with Crippen molar-refractivity contribution in [3.8, 4) is 0 Å². The number of nitrogens with one attached hydrogen (secondary N) is 1. The summed E-state index contributed by atoms with van der Waals surface area (Å²) in [4.78, 5) is 11.4. The van der Waals surface area contributed by atoms with Gasteiger partial charge < -0.3 is 14.5 Å². The monoisotopic (exact) mass is 211 g/mol. The van der Waals surface area contributed by atoms with Gasteiger partial charge in [-0.2, -0.15) is 0 Å². The normalized spacial score (nSPS) is 12.4. The Labute approximate surface area is 89.6 Å². The van der Waals surface area contributed by atoms with Gasteiger partial charge in [-0.3, -0.25) is 4.79 Å². The van der Waals surface area contributed by atoms with Gasteiger partial charge in [0.05, 0.1) is 12.9 Å². The second-order valence-corrected chi connectivity index (χ2v) is 3.50. The van der Waals surface area contributed by atoms with E-state index in [1.165, 1.54) is 0 Å². The molecule has 84 valence electrons. The molecular formula is C11H17NO3. The molecule has 0 bridgehead atoms. The SMILES string of the molecule is COC[C@H](C)NC(=O)CCc1ccco1. The van der Waals surface area contributed by atoms with Gasteiger partial charge in [-0.1, -0.05) is 0 Å². The van der Waals surface area contributed by atoms with Crippen molar-refractivity contribution < 1.29 is 13.9 Å². The van der Waals surface area contributed by atoms with E-state index in [2.05, 4.69) is 5.32 Å². The molecule has 4 heteroatoms. The van der Waals surface area contributed by atoms with Gasteiger partial charge in [-0.15, -0.1) is 0 Å². The van der Waals surface area contributed by atoms with Crippen LogP contribution in [0, 0.1) is 0 Å². The minimum Gasteiger partial charge on any atom is -0.469 e. The Morgan fingerprint density at radius 2 is 2.47 bits per heavy atom. The van der Waals surface area contributed by atoms with E-state index in [-0.39, 0.29) is 11.9 Å². The van der Waals surface area contributed by atoms with Crippen LogP contribution in [0.1, 0.15) is 19.1 Å². The Morgan fingerprint density at radius 1 is 1.67 bits per heavy atom. The average Bonchev–Trinajstić information content (AvgIpc) is 2.67. The maximum absolute atomic E-state index is 11.4. The number of furan rings is 1. The van der Waals surface area contributed by atoms with E-state index in [0.717, 1.165) is 5.76 Å². The summed E-state index contributed by atoms with van der Waals surface area (Å²) in [7, 11) is 1.62. The number of hydrogen-bond acceptors (Lipinski definition) is 3. The highest BCUT2D eigenvalue weighted by atomic mass is 16.5. The predicted molar refractivity (Wildman–Crippen MR) is 56.5 cm³/mol. The number of carbonyl (C=O) groups excluding carboxylic acids is 1. The highest BCUT2D eigenvalue weighted by molar-refractivity contribution is 5.76. The first-order valence-electron chi connectivity index (χ1n) is 5.03. The maximum atomic E-state index is 11.4. The zero-order valence-electron chi connectivity index (χ0n) is 9.16. The van der Waals surface area contributed by atoms with Crippen molar-refractivity contribution in [3.63, 3.8) is 0 Å². The molecule has 4 nitrogen and oxygen atoms in total. The molecule has 0 aromatic carbocycles. The minimum atomic E-state index is 0.0240. The molecule has 0 saturated heterocycles. The van der Waals surface area contributed by atoms with E-state index < -0.39 is 0 Å². The van der Waals surface area contributed by atoms with Gasteiger partial charge in [0.15, 0.2) is 0 Å². The van der Waals surface area contributed by atoms with E-state index in [9.17, 15) is 4.79 Å². The van der Waals surface area contributed by atoms with Gasteiger partial charge >= 0.3 is 0 Å². The van der Waals surface area contributed by atoms with Gasteiger partial charge in [-0.25, -0.2) is 0 Å². The molecule has 1 N–H and O–H groups in total. The molecule has 0 saturated carbocycles. The Kier molecular flexibility index (Phi) is 4.90. The summed E-state index contributed by atoms with van der Waals surface area (Å²) in [6.45, 7) is 2.45. The predicted octanol–water partition coefficient (Wildman–Crippen LogP) is 1.36. The number of hydrogen-bond donors (Lipinski definition) is 1. The van der Waals surface area contributed by atoms with Crippen molar-refractivity contribution in [3.05, 3.63) is 24.2 Å². The Bertz CT molecular complexity index is 282. The molecule has 0 fully saturated rings. The van der Waals surface area contributed by atoms with Crippen LogP contribution in [0.3, 0.4) is 0 Å². The number of amides is 1. The van der Waals surface area contributed by atoms with Crippen molar-refractivity contribution in [2.24, 2.45) is 0 Å². The Morgan fingerprint density at radius 3 is 3.07 bits per heavy atom. The molecule has 0 unspecified atom stereocenters. The van der Waals surface area contributed by atoms with E-state index in [4.69, 9.17) is 9.15 Å². The van der Waals surface area contributed by atoms with Crippen LogP contribution in [0.15, 0.2) is 22.8 Å². The van der Waals surface area contributed by atoms with Crippen LogP contribution >= 0.6 is 0 Å². The van der Waals surface area contributed by atoms with E-state index in [1.807, 2.05) is 19.1 Å². The van der Waals surface area contributed by atoms with Crippen molar-refractivity contribution in [1.29, 1.82) is 0 Å². The van der Waals surface area contributed by atoms with Crippen LogP contribution in [0.2, 0.25) is 0 Å². The van der Waals surface area contributed by atoms with Gasteiger partial charge in [0.2, 0.25) is 5.91 Å². The van der Waals surface area contributed by atoms with Crippen molar-refractivity contribution in [2.45, 2.75) is 25.8 Å². The molecule has 1 atom stereocenters. The van der Waals surface area contributed by atoms with Crippen LogP contribution in [0.5, 0.6) is 0 Å². The quantitative estimate of drug-likeness (QED) is 0.773. The lowest BCUT2D eigenvalue weighted by Crippen LogP contribution is -2.35. The molecule has 1 amide bonds. The van der Waals surface area contributed by atoms with Gasteiger partial charge in [0.25, 0.3) is 0 Å². The summed E-state index contributed by atoms with van der Waals surface area (Å²) in [5.41, 5.74) is 0. The number of carbonyl (C=O) groups is 1. The fourth-order valence-electron chi connectivity index (χ4n) is 1.33. The van der Waals surface area contributed by atoms with Crippen molar-refractivity contribution in [2.75, 3.05) is 13.7 Å². The number of aryl methyl sites for hydroxylation is 1. The average molecular weight is 211 g/mol. The lowest BCUT2D eigenvalue weighted by atomic mass is 10.2. The van der Waals surface area contributed by atoms with E-state index in [0.29, 0.717) is 19.4 Å². The summed E-state index contributed by atoms with van der Waals surface area (Å²) in [6.07, 6.45) is 2.70. The van der Waals surface area contributed by atoms with Crippen LogP contribution in [0.25, 0.3) is 0 Å². The molecule has 15 heavy (non-hydrogen) atoms. The molecular weight excluding hydrogens is 194 g/mol. The lowest BCUT2D eigenvalue weighted by molar-refractivity contribution is -0.122. The zero-order chi connectivity index (χ0) is 11.1. The van der Waals surface area contributed by atoms with Crippen LogP contribution in [-0.4, -0.2) is 25.7 Å². The smallest absolute Gasteiger partial charge is 0.220 e. The number of rotatable bonds is 6. The first kappa shape index (κ1) is 11.8. The molecule has 0 aliphatic carbocycles. The lowest BCUT2D eigenvalue weighted by Gasteiger charge is -2.11. The van der Waals surface area contributed by atoms with Crippen molar-refractivity contribution >= 4 is 5.91 Å². The third-order valence-electron chi connectivity index (χ3n) is 2.00. The Balaban J connectivity index is 2.19. The summed E-state index contributed by atoms with van der Waals surface area (Å²) >= 11 is 0. The van der Waals surface area contributed by atoms with E-state index in [1.54, 1.807) is 13.4 Å². The number of methoxy groups -OCH3 is 1. The first-order valence-corrected chi connectivity index (χ1v) is 5.03. The summed E-state index contributed by atoms with van der Waals surface area (Å²) in [5, 5.41) is 2.84. The maximum Gasteiger partial charge on any atom is 0.220 e. The third-order valence-corrected chi connectivity index (χ3v) is 2.00. The molecule has 0 aliphatic heterocycles. The van der Waals surface area contributed by atoms with Crippen LogP contribution < -0.4 is 5.32 Å². The molecule has 1 heterocycles. The largest absolute Gasteiger partial charge is 0.469 e. The van der Waals surface area contributed by atoms with Gasteiger partial charge in [-0.05, 0) is 19.1 Å². The summed E-state index contributed by atoms with van der Waals surface area (Å²) in [6, 6.07) is 3.74. The molecule has 0 spiro atoms. The van der Waals surface area contributed by atoms with E-state index >= 15 is 0 Å². The van der Waals surface area contributed by atoms with Crippen LogP contribution in [-0.2, 0) is 16.0 Å². The fourth-order valence-corrected chi connectivity index (χ4v) is 1.33. The molecule has 1 rings (SSSR count). The summed E-state index contributed by atoms with van der Waals surface area (Å²) < 4.78 is 10.1. The molecule has 0 radical (unpaired) electrons. The van der Waals surface area contributed by atoms with Gasteiger partial charge in [0.1, 0.15) is 5.76 Å². The highest BCUT2D eigenvalue weighted by Gasteiger charge is 2.07. The minimum absolute atomic E-state index is 0.0240. The van der Waals surface area contributed by atoms with Crippen molar-refractivity contribution in [1.82, 2.24) is 5.32 Å². The Hall–Kier alpha value is -1.29.